The quantitative estimate of drug-likeness (QED) is 0.580. The number of hydrogen-bond acceptors (Lipinski definition) is 4. The number of para-hydroxylation sites is 1. The molecule has 0 bridgehead atoms. The van der Waals surface area contributed by atoms with Gasteiger partial charge < -0.3 is 19.8 Å². The fraction of sp³-hybridized carbons (Fsp3) is 0.238. The third kappa shape index (κ3) is 4.52. The number of carboxylic acid groups (broad SMARTS) is 2. The Kier molecular flexibility index (Phi) is 4.88. The Hall–Kier alpha value is -2.83. The lowest BCUT2D eigenvalue weighted by Crippen LogP contribution is -2.14. The van der Waals surface area contributed by atoms with Crippen LogP contribution in [0, 0.1) is 0 Å². The lowest BCUT2D eigenvalue weighted by molar-refractivity contribution is -0.134. The van der Waals surface area contributed by atoms with E-state index in [4.69, 9.17) is 30.7 Å². The number of hydrogen-bond donors (Lipinski definition) is 2. The monoisotopic (exact) mass is 405 g/mol. The number of halogens is 1. The van der Waals surface area contributed by atoms with E-state index in [-0.39, 0.29) is 11.8 Å². The molecular weight excluding hydrogens is 383 g/mol. The van der Waals surface area contributed by atoms with Gasteiger partial charge in [0.15, 0.2) is 0 Å². The van der Waals surface area contributed by atoms with Crippen LogP contribution in [0.2, 0.25) is 5.02 Å². The molecule has 2 aromatic carbocycles. The maximum atomic E-state index is 9.55. The molecule has 2 aliphatic heterocycles. The summed E-state index contributed by atoms with van der Waals surface area (Å²) in [6.45, 7) is -1.11. The smallest absolute Gasteiger partial charge is 0.328 e. The van der Waals surface area contributed by atoms with Crippen molar-refractivity contribution in [3.8, 4) is 11.5 Å². The Morgan fingerprint density at radius 3 is 2.32 bits per heavy atom. The molecule has 0 aliphatic carbocycles. The number of fused-ring (bicyclic) bond motifs is 5. The van der Waals surface area contributed by atoms with Crippen molar-refractivity contribution in [2.75, 3.05) is 20.1 Å². The van der Waals surface area contributed by atoms with Crippen LogP contribution in [0.25, 0.3) is 0 Å². The highest BCUT2D eigenvalue weighted by molar-refractivity contribution is 6.30. The molecule has 6 nitrogen and oxygen atoms in total. The molecule has 1 fully saturated rings. The van der Waals surface area contributed by atoms with Crippen molar-refractivity contribution in [2.45, 2.75) is 11.8 Å². The zero-order valence-corrected chi connectivity index (χ0v) is 15.5. The maximum absolute atomic E-state index is 9.55. The van der Waals surface area contributed by atoms with Gasteiger partial charge in [0.25, 0.3) is 0 Å². The van der Waals surface area contributed by atoms with Crippen molar-refractivity contribution >= 4 is 23.5 Å². The normalized spacial score (nSPS) is 22.1. The second kappa shape index (κ2) is 8.46. The number of rotatable bonds is 2. The summed E-state index contributed by atoms with van der Waals surface area (Å²) >= 11 is 6.18. The highest BCUT2D eigenvalue weighted by atomic mass is 35.5. The van der Waals surface area contributed by atoms with Gasteiger partial charge in [-0.15, -0.1) is 0 Å². The van der Waals surface area contributed by atoms with Gasteiger partial charge in [0, 0.05) is 51.8 Å². The van der Waals surface area contributed by atoms with E-state index < -0.39 is 18.9 Å². The van der Waals surface area contributed by atoms with E-state index in [1.807, 2.05) is 36.4 Å². The van der Waals surface area contributed by atoms with Gasteiger partial charge in [0.1, 0.15) is 11.5 Å². The number of likely N-dealkylation sites (N-methyl/N-ethyl adjacent to an activating group) is 1. The second-order valence-corrected chi connectivity index (χ2v) is 6.89. The van der Waals surface area contributed by atoms with Crippen LogP contribution in [0.15, 0.2) is 54.6 Å². The van der Waals surface area contributed by atoms with Crippen LogP contribution < -0.4 is 4.74 Å². The number of aliphatic carboxylic acids is 2. The summed E-state index contributed by atoms with van der Waals surface area (Å²) < 4.78 is 29.3. The molecule has 2 N–H and O–H groups in total. The SMILES string of the molecule is O=C(O)/C=C/C(=O)O.[2H][13C]([2H])([2H])N1C[C@H]2c3ccccc3Oc3ccc(Cl)cc3[C@@H]2C1. The molecule has 1 saturated heterocycles. The summed E-state index contributed by atoms with van der Waals surface area (Å²) in [5.41, 5.74) is 2.06. The van der Waals surface area contributed by atoms with Gasteiger partial charge in [-0.05, 0) is 36.8 Å². The number of likely N-dealkylation sites (tertiary alicyclic amines) is 1. The van der Waals surface area contributed by atoms with E-state index in [0.29, 0.717) is 30.3 Å². The van der Waals surface area contributed by atoms with E-state index in [9.17, 15) is 9.59 Å². The van der Waals surface area contributed by atoms with Crippen molar-refractivity contribution in [3.05, 3.63) is 70.8 Å². The van der Waals surface area contributed by atoms with Gasteiger partial charge in [-0.25, -0.2) is 9.59 Å². The van der Waals surface area contributed by atoms with Crippen LogP contribution in [0.4, 0.5) is 0 Å². The first-order chi connectivity index (χ1) is 14.6. The predicted octanol–water partition coefficient (Wildman–Crippen LogP) is 3.97. The Morgan fingerprint density at radius 1 is 1.07 bits per heavy atom. The molecule has 4 rings (SSSR count). The number of carboxylic acids is 2. The third-order valence-electron chi connectivity index (χ3n) is 4.60. The molecular formula is C21H20ClNO5. The van der Waals surface area contributed by atoms with Crippen LogP contribution in [0.5, 0.6) is 11.5 Å². The van der Waals surface area contributed by atoms with Gasteiger partial charge in [-0.3, -0.25) is 0 Å². The standard InChI is InChI=1S/C17H16ClNO.C4H4O4/c1-19-9-14-12-4-2-3-5-16(12)20-17-7-6-11(18)8-13(17)15(14)10-19;5-3(6)1-2-4(7)8/h2-8,14-15H,9-10H2,1H3;1-2H,(H,5,6)(H,7,8)/b;2-1+/t14-,15-;/m0./s1/i1+1D3;. The van der Waals surface area contributed by atoms with E-state index in [2.05, 4.69) is 0 Å². The first kappa shape index (κ1) is 16.2. The molecule has 0 saturated carbocycles. The fourth-order valence-electron chi connectivity index (χ4n) is 3.48. The molecule has 0 amide bonds. The maximum Gasteiger partial charge on any atom is 0.328 e. The van der Waals surface area contributed by atoms with E-state index in [1.165, 1.54) is 0 Å². The first-order valence-electron chi connectivity index (χ1n) is 10.0. The zero-order valence-electron chi connectivity index (χ0n) is 17.7. The number of benzene rings is 2. The molecule has 2 atom stereocenters. The molecule has 2 heterocycles. The Balaban J connectivity index is 0.000000293. The number of carbonyl (C=O) groups is 2. The predicted molar refractivity (Wildman–Crippen MR) is 105 cm³/mol. The minimum atomic E-state index is -2.08. The summed E-state index contributed by atoms with van der Waals surface area (Å²) in [4.78, 5) is 20.7. The lowest BCUT2D eigenvalue weighted by Gasteiger charge is -2.17. The molecule has 2 aliphatic rings. The van der Waals surface area contributed by atoms with Gasteiger partial charge in [-0.1, -0.05) is 29.8 Å². The minimum Gasteiger partial charge on any atom is -0.478 e. The van der Waals surface area contributed by atoms with Crippen LogP contribution in [-0.4, -0.2) is 47.1 Å². The van der Waals surface area contributed by atoms with E-state index in [1.54, 1.807) is 11.0 Å². The highest BCUT2D eigenvalue weighted by Crippen LogP contribution is 2.49. The average Bonchev–Trinajstić information content (AvgIpc) is 3.09. The number of ether oxygens (including phenoxy) is 1. The Labute approximate surface area is 171 Å². The summed E-state index contributed by atoms with van der Waals surface area (Å²) in [7, 11) is 0. The molecule has 0 radical (unpaired) electrons. The molecule has 0 unspecified atom stereocenters. The summed E-state index contributed by atoms with van der Waals surface area (Å²) in [5.74, 6) is -0.795. The van der Waals surface area contributed by atoms with Crippen molar-refractivity contribution in [3.63, 3.8) is 0 Å². The fourth-order valence-corrected chi connectivity index (χ4v) is 3.66. The van der Waals surface area contributed by atoms with Crippen molar-refractivity contribution in [1.29, 1.82) is 0 Å². The van der Waals surface area contributed by atoms with Gasteiger partial charge in [0.05, 0.1) is 0 Å². The molecule has 7 heteroatoms. The van der Waals surface area contributed by atoms with Crippen LogP contribution in [0.1, 0.15) is 27.1 Å². The lowest BCUT2D eigenvalue weighted by atomic mass is 9.84. The summed E-state index contributed by atoms with van der Waals surface area (Å²) in [6, 6.07) is 13.5. The van der Waals surface area contributed by atoms with Gasteiger partial charge in [-0.2, -0.15) is 0 Å². The Morgan fingerprint density at radius 2 is 1.68 bits per heavy atom. The van der Waals surface area contributed by atoms with Crippen molar-refractivity contribution in [1.82, 2.24) is 4.90 Å². The van der Waals surface area contributed by atoms with E-state index in [0.717, 1.165) is 22.6 Å². The molecule has 28 heavy (non-hydrogen) atoms. The highest BCUT2D eigenvalue weighted by Gasteiger charge is 2.38. The third-order valence-corrected chi connectivity index (χ3v) is 4.83. The first-order valence-corrected chi connectivity index (χ1v) is 8.89. The van der Waals surface area contributed by atoms with E-state index >= 15 is 0 Å². The summed E-state index contributed by atoms with van der Waals surface area (Å²) in [6.07, 6.45) is 1.12. The second-order valence-electron chi connectivity index (χ2n) is 6.45. The Bertz CT molecular complexity index is 1010. The van der Waals surface area contributed by atoms with Gasteiger partial charge >= 0.3 is 11.9 Å². The van der Waals surface area contributed by atoms with Crippen molar-refractivity contribution in [2.24, 2.45) is 0 Å². The molecule has 0 aromatic heterocycles. The molecule has 2 aromatic rings. The topological polar surface area (TPSA) is 87.1 Å². The summed E-state index contributed by atoms with van der Waals surface area (Å²) in [5, 5.41) is 16.3. The number of nitrogens with zero attached hydrogens (tertiary/aromatic N) is 1. The zero-order chi connectivity index (χ0) is 22.8. The van der Waals surface area contributed by atoms with Crippen molar-refractivity contribution < 1.29 is 28.7 Å². The average molecular weight is 406 g/mol. The molecule has 146 valence electrons. The van der Waals surface area contributed by atoms with Gasteiger partial charge in [0.2, 0.25) is 0 Å². The molecule has 0 spiro atoms. The van der Waals surface area contributed by atoms with Crippen LogP contribution in [-0.2, 0) is 9.59 Å². The largest absolute Gasteiger partial charge is 0.478 e. The van der Waals surface area contributed by atoms with Crippen LogP contribution in [0.3, 0.4) is 0 Å². The minimum absolute atomic E-state index is 0.0628. The van der Waals surface area contributed by atoms with Crippen LogP contribution >= 0.6 is 11.6 Å².